The number of aliphatic hydroxyl groups is 1. The summed E-state index contributed by atoms with van der Waals surface area (Å²) in [6, 6.07) is 0.260. The second-order valence-electron chi connectivity index (χ2n) is 4.65. The molecule has 1 aliphatic carbocycles. The zero-order valence-electron chi connectivity index (χ0n) is 11.1. The van der Waals surface area contributed by atoms with E-state index in [1.54, 1.807) is 4.90 Å². The second-order valence-corrected chi connectivity index (χ2v) is 5.62. The number of aromatic nitrogens is 2. The van der Waals surface area contributed by atoms with Gasteiger partial charge in [-0.3, -0.25) is 4.79 Å². The van der Waals surface area contributed by atoms with Crippen molar-refractivity contribution < 1.29 is 9.90 Å². The Balaban J connectivity index is 2.01. The molecule has 2 rings (SSSR count). The van der Waals surface area contributed by atoms with Crippen molar-refractivity contribution in [3.8, 4) is 0 Å². The van der Waals surface area contributed by atoms with E-state index in [1.807, 2.05) is 0 Å². The summed E-state index contributed by atoms with van der Waals surface area (Å²) in [5.41, 5.74) is 0. The van der Waals surface area contributed by atoms with Gasteiger partial charge in [-0.05, 0) is 25.7 Å². The molecule has 1 aliphatic rings. The number of amides is 1. The maximum Gasteiger partial charge on any atom is 0.285 e. The lowest BCUT2D eigenvalue weighted by atomic mass is 9.91. The fraction of sp³-hybridized carbons (Fsp3) is 0.750. The summed E-state index contributed by atoms with van der Waals surface area (Å²) in [7, 11) is 0. The lowest BCUT2D eigenvalue weighted by Gasteiger charge is -2.36. The third kappa shape index (κ3) is 3.42. The molecule has 0 aromatic carbocycles. The van der Waals surface area contributed by atoms with Crippen LogP contribution in [-0.4, -0.2) is 51.8 Å². The smallest absolute Gasteiger partial charge is 0.285 e. The zero-order chi connectivity index (χ0) is 13.7. The van der Waals surface area contributed by atoms with E-state index in [2.05, 4.69) is 22.4 Å². The predicted molar refractivity (Wildman–Crippen MR) is 74.5 cm³/mol. The van der Waals surface area contributed by atoms with Crippen LogP contribution in [0.1, 0.15) is 42.4 Å². The first kappa shape index (κ1) is 14.2. The fourth-order valence-corrected chi connectivity index (χ4v) is 2.72. The van der Waals surface area contributed by atoms with Crippen LogP contribution in [0, 0.1) is 0 Å². The van der Waals surface area contributed by atoms with Crippen molar-refractivity contribution in [1.82, 2.24) is 15.1 Å². The molecule has 0 saturated heterocycles. The van der Waals surface area contributed by atoms with Crippen LogP contribution in [0.4, 0.5) is 5.13 Å². The highest BCUT2D eigenvalue weighted by Crippen LogP contribution is 2.27. The van der Waals surface area contributed by atoms with Crippen LogP contribution in [0.15, 0.2) is 0 Å². The van der Waals surface area contributed by atoms with E-state index in [9.17, 15) is 4.79 Å². The fourth-order valence-electron chi connectivity index (χ4n) is 1.99. The summed E-state index contributed by atoms with van der Waals surface area (Å²) in [6.45, 7) is 3.26. The lowest BCUT2D eigenvalue weighted by molar-refractivity contribution is 0.0524. The van der Waals surface area contributed by atoms with Gasteiger partial charge in [0.2, 0.25) is 10.1 Å². The van der Waals surface area contributed by atoms with E-state index in [1.165, 1.54) is 11.3 Å². The Hall–Kier alpha value is -1.21. The molecule has 2 N–H and O–H groups in total. The van der Waals surface area contributed by atoms with Gasteiger partial charge < -0.3 is 15.3 Å². The van der Waals surface area contributed by atoms with Gasteiger partial charge in [-0.15, -0.1) is 10.2 Å². The molecule has 1 amide bonds. The standard InChI is InChI=1S/C12H20N4O2S/c1-2-6-13-12-15-14-10(19-12)11(18)16(7-8-17)9-4-3-5-9/h9,17H,2-8H2,1H3,(H,13,15). The highest BCUT2D eigenvalue weighted by molar-refractivity contribution is 7.17. The molecule has 1 fully saturated rings. The summed E-state index contributed by atoms with van der Waals surface area (Å²) >= 11 is 1.28. The molecule has 1 saturated carbocycles. The van der Waals surface area contributed by atoms with Gasteiger partial charge in [-0.25, -0.2) is 0 Å². The monoisotopic (exact) mass is 284 g/mol. The minimum absolute atomic E-state index is 0.0119. The van der Waals surface area contributed by atoms with Gasteiger partial charge in [-0.1, -0.05) is 18.3 Å². The molecule has 7 heteroatoms. The number of nitrogens with zero attached hydrogens (tertiary/aromatic N) is 3. The third-order valence-electron chi connectivity index (χ3n) is 3.25. The number of aliphatic hydroxyl groups excluding tert-OH is 1. The van der Waals surface area contributed by atoms with E-state index >= 15 is 0 Å². The quantitative estimate of drug-likeness (QED) is 0.790. The van der Waals surface area contributed by atoms with Gasteiger partial charge in [-0.2, -0.15) is 0 Å². The van der Waals surface area contributed by atoms with Crippen LogP contribution in [0.5, 0.6) is 0 Å². The summed E-state index contributed by atoms with van der Waals surface area (Å²) in [4.78, 5) is 14.1. The van der Waals surface area contributed by atoms with E-state index in [0.717, 1.165) is 32.2 Å². The summed E-state index contributed by atoms with van der Waals surface area (Å²) in [6.07, 6.45) is 4.19. The molecule has 0 radical (unpaired) electrons. The number of hydrogen-bond acceptors (Lipinski definition) is 6. The first-order chi connectivity index (χ1) is 9.26. The van der Waals surface area contributed by atoms with Gasteiger partial charge in [0, 0.05) is 19.1 Å². The number of nitrogens with one attached hydrogen (secondary N) is 1. The van der Waals surface area contributed by atoms with Crippen molar-refractivity contribution in [2.75, 3.05) is 25.0 Å². The zero-order valence-corrected chi connectivity index (χ0v) is 11.9. The van der Waals surface area contributed by atoms with Gasteiger partial charge >= 0.3 is 0 Å². The SMILES string of the molecule is CCCNc1nnc(C(=O)N(CCO)C2CCC2)s1. The molecule has 6 nitrogen and oxygen atoms in total. The molecule has 0 bridgehead atoms. The largest absolute Gasteiger partial charge is 0.395 e. The van der Waals surface area contributed by atoms with Crippen LogP contribution >= 0.6 is 11.3 Å². The minimum atomic E-state index is -0.110. The van der Waals surface area contributed by atoms with Crippen LogP contribution in [0.2, 0.25) is 0 Å². The average Bonchev–Trinajstić information content (AvgIpc) is 2.81. The van der Waals surface area contributed by atoms with Crippen LogP contribution in [-0.2, 0) is 0 Å². The normalized spacial score (nSPS) is 15.1. The van der Waals surface area contributed by atoms with Crippen molar-refractivity contribution in [2.24, 2.45) is 0 Å². The molecule has 1 aromatic heterocycles. The maximum absolute atomic E-state index is 12.4. The van der Waals surface area contributed by atoms with Gasteiger partial charge in [0.05, 0.1) is 6.61 Å². The molecule has 1 heterocycles. The number of anilines is 1. The Kier molecular flexibility index (Phi) is 5.09. The van der Waals surface area contributed by atoms with Crippen molar-refractivity contribution >= 4 is 22.4 Å². The molecule has 0 unspecified atom stereocenters. The Morgan fingerprint density at radius 1 is 1.53 bits per heavy atom. The molecule has 1 aromatic rings. The van der Waals surface area contributed by atoms with Gasteiger partial charge in [0.15, 0.2) is 0 Å². The Bertz CT molecular complexity index is 420. The summed E-state index contributed by atoms with van der Waals surface area (Å²) in [5.74, 6) is -0.110. The van der Waals surface area contributed by atoms with E-state index < -0.39 is 0 Å². The lowest BCUT2D eigenvalue weighted by Crippen LogP contribution is -2.45. The van der Waals surface area contributed by atoms with Crippen molar-refractivity contribution in [3.63, 3.8) is 0 Å². The van der Waals surface area contributed by atoms with Gasteiger partial charge in [0.1, 0.15) is 0 Å². The maximum atomic E-state index is 12.4. The van der Waals surface area contributed by atoms with Crippen molar-refractivity contribution in [1.29, 1.82) is 0 Å². The molecular weight excluding hydrogens is 264 g/mol. The van der Waals surface area contributed by atoms with E-state index in [0.29, 0.717) is 16.7 Å². The average molecular weight is 284 g/mol. The van der Waals surface area contributed by atoms with Crippen LogP contribution < -0.4 is 5.32 Å². The molecule has 106 valence electrons. The minimum Gasteiger partial charge on any atom is -0.395 e. The Morgan fingerprint density at radius 3 is 2.89 bits per heavy atom. The summed E-state index contributed by atoms with van der Waals surface area (Å²) in [5, 5.41) is 21.2. The topological polar surface area (TPSA) is 78.4 Å². The second kappa shape index (κ2) is 6.81. The first-order valence-corrected chi connectivity index (χ1v) is 7.57. The molecule has 0 atom stereocenters. The summed E-state index contributed by atoms with van der Waals surface area (Å²) < 4.78 is 0. The highest BCUT2D eigenvalue weighted by Gasteiger charge is 2.30. The number of hydrogen-bond donors (Lipinski definition) is 2. The molecule has 0 aliphatic heterocycles. The van der Waals surface area contributed by atoms with E-state index in [4.69, 9.17) is 5.11 Å². The number of carbonyl (C=O) groups is 1. The highest BCUT2D eigenvalue weighted by atomic mass is 32.1. The van der Waals surface area contributed by atoms with Crippen molar-refractivity contribution in [2.45, 2.75) is 38.6 Å². The van der Waals surface area contributed by atoms with Crippen molar-refractivity contribution in [3.05, 3.63) is 5.01 Å². The Labute approximate surface area is 116 Å². The van der Waals surface area contributed by atoms with Crippen LogP contribution in [0.25, 0.3) is 0 Å². The molecular formula is C12H20N4O2S. The third-order valence-corrected chi connectivity index (χ3v) is 4.12. The predicted octanol–water partition coefficient (Wildman–Crippen LogP) is 1.35. The first-order valence-electron chi connectivity index (χ1n) is 6.75. The van der Waals surface area contributed by atoms with E-state index in [-0.39, 0.29) is 18.6 Å². The van der Waals surface area contributed by atoms with Crippen LogP contribution in [0.3, 0.4) is 0 Å². The molecule has 0 spiro atoms. The Morgan fingerprint density at radius 2 is 2.32 bits per heavy atom. The van der Waals surface area contributed by atoms with Gasteiger partial charge in [0.25, 0.3) is 5.91 Å². The number of rotatable bonds is 7. The number of carbonyl (C=O) groups excluding carboxylic acids is 1. The molecule has 19 heavy (non-hydrogen) atoms.